The second-order valence-electron chi connectivity index (χ2n) is 6.37. The first-order valence-corrected chi connectivity index (χ1v) is 10.9. The van der Waals surface area contributed by atoms with Crippen molar-refractivity contribution < 1.29 is 17.9 Å². The third-order valence-electron chi connectivity index (χ3n) is 4.28. The first-order valence-electron chi connectivity index (χ1n) is 8.48. The molecule has 1 aliphatic rings. The molecular weight excluding hydrogens is 402 g/mol. The Morgan fingerprint density at radius 2 is 2.00 bits per heavy atom. The molecule has 7 nitrogen and oxygen atoms in total. The number of nitrogens with zero attached hydrogens (tertiary/aromatic N) is 2. The van der Waals surface area contributed by atoms with Crippen LogP contribution in [-0.4, -0.2) is 44.3 Å². The van der Waals surface area contributed by atoms with Gasteiger partial charge >= 0.3 is 0 Å². The van der Waals surface area contributed by atoms with Gasteiger partial charge in [-0.15, -0.1) is 11.6 Å². The number of anilines is 1. The Balaban J connectivity index is 1.89. The lowest BCUT2D eigenvalue weighted by atomic mass is 9.98. The van der Waals surface area contributed by atoms with Crippen molar-refractivity contribution in [1.29, 1.82) is 0 Å². The molecule has 0 spiro atoms. The van der Waals surface area contributed by atoms with Crippen molar-refractivity contribution in [1.82, 2.24) is 5.01 Å². The summed E-state index contributed by atoms with van der Waals surface area (Å²) in [6.45, 7) is 0. The summed E-state index contributed by atoms with van der Waals surface area (Å²) in [6.07, 6.45) is 1.60. The molecule has 0 aromatic heterocycles. The van der Waals surface area contributed by atoms with E-state index in [2.05, 4.69) is 9.82 Å². The van der Waals surface area contributed by atoms with E-state index in [4.69, 9.17) is 16.3 Å². The van der Waals surface area contributed by atoms with Crippen molar-refractivity contribution in [3.63, 3.8) is 0 Å². The maximum Gasteiger partial charge on any atom is 0.258 e. The number of nitrogens with one attached hydrogen (secondary N) is 1. The van der Waals surface area contributed by atoms with Crippen LogP contribution in [0.3, 0.4) is 0 Å². The SMILES string of the molecule is COc1cccc(C2CC(c3ccc(NS(C)(=O)=O)cc3)=NN2C(=O)CCl)c1. The standard InChI is InChI=1S/C19H20ClN3O4S/c1-27-16-5-3-4-14(10-16)18-11-17(21-23(18)19(24)12-20)13-6-8-15(9-7-13)22-28(2,25)26/h3-10,18,22H,11-12H2,1-2H3. The minimum atomic E-state index is -3.34. The maximum absolute atomic E-state index is 12.3. The molecule has 0 fully saturated rings. The van der Waals surface area contributed by atoms with Crippen LogP contribution in [0.2, 0.25) is 0 Å². The fourth-order valence-corrected chi connectivity index (χ4v) is 3.72. The summed E-state index contributed by atoms with van der Waals surface area (Å²) in [5.74, 6) is 0.231. The summed E-state index contributed by atoms with van der Waals surface area (Å²) in [4.78, 5) is 12.3. The van der Waals surface area contributed by atoms with Crippen LogP contribution < -0.4 is 9.46 Å². The number of sulfonamides is 1. The number of hydrogen-bond donors (Lipinski definition) is 1. The molecule has 1 amide bonds. The number of carbonyl (C=O) groups is 1. The summed E-state index contributed by atoms with van der Waals surface area (Å²) in [6, 6.07) is 14.0. The van der Waals surface area contributed by atoms with E-state index in [1.165, 1.54) is 5.01 Å². The number of halogens is 1. The van der Waals surface area contributed by atoms with Crippen LogP contribution in [-0.2, 0) is 14.8 Å². The molecule has 0 aliphatic carbocycles. The molecule has 2 aromatic carbocycles. The van der Waals surface area contributed by atoms with Crippen molar-refractivity contribution in [2.45, 2.75) is 12.5 Å². The van der Waals surface area contributed by atoms with Crippen molar-refractivity contribution in [3.05, 3.63) is 59.7 Å². The van der Waals surface area contributed by atoms with Gasteiger partial charge in [0.25, 0.3) is 5.91 Å². The van der Waals surface area contributed by atoms with Gasteiger partial charge in [-0.25, -0.2) is 13.4 Å². The van der Waals surface area contributed by atoms with E-state index in [0.717, 1.165) is 23.1 Å². The Bertz CT molecular complexity index is 1010. The summed E-state index contributed by atoms with van der Waals surface area (Å²) in [7, 11) is -1.76. The maximum atomic E-state index is 12.3. The molecule has 0 saturated heterocycles. The monoisotopic (exact) mass is 421 g/mol. The van der Waals surface area contributed by atoms with Gasteiger partial charge < -0.3 is 4.74 Å². The van der Waals surface area contributed by atoms with E-state index >= 15 is 0 Å². The van der Waals surface area contributed by atoms with Crippen LogP contribution in [0.15, 0.2) is 53.6 Å². The number of alkyl halides is 1. The van der Waals surface area contributed by atoms with Gasteiger partial charge in [0.2, 0.25) is 10.0 Å². The zero-order chi connectivity index (χ0) is 20.3. The van der Waals surface area contributed by atoms with Gasteiger partial charge in [-0.1, -0.05) is 24.3 Å². The number of carbonyl (C=O) groups excluding carboxylic acids is 1. The van der Waals surface area contributed by atoms with E-state index in [-0.39, 0.29) is 17.8 Å². The lowest BCUT2D eigenvalue weighted by Crippen LogP contribution is -2.27. The molecular formula is C19H20ClN3O4S. The summed E-state index contributed by atoms with van der Waals surface area (Å²) < 4.78 is 30.4. The third kappa shape index (κ3) is 4.63. The Morgan fingerprint density at radius 3 is 2.61 bits per heavy atom. The Kier molecular flexibility index (Phi) is 5.90. The highest BCUT2D eigenvalue weighted by atomic mass is 35.5. The molecule has 0 saturated carbocycles. The lowest BCUT2D eigenvalue weighted by Gasteiger charge is -2.21. The molecule has 1 atom stereocenters. The van der Waals surface area contributed by atoms with Gasteiger partial charge in [-0.2, -0.15) is 5.10 Å². The topological polar surface area (TPSA) is 88.1 Å². The lowest BCUT2D eigenvalue weighted by molar-refractivity contribution is -0.130. The van der Waals surface area contributed by atoms with Gasteiger partial charge in [0.05, 0.1) is 25.1 Å². The van der Waals surface area contributed by atoms with Crippen molar-refractivity contribution in [3.8, 4) is 5.75 Å². The molecule has 0 bridgehead atoms. The van der Waals surface area contributed by atoms with Crippen molar-refractivity contribution in [2.75, 3.05) is 24.0 Å². The number of methoxy groups -OCH3 is 1. The van der Waals surface area contributed by atoms with Gasteiger partial charge in [0, 0.05) is 12.1 Å². The molecule has 3 rings (SSSR count). The van der Waals surface area contributed by atoms with Gasteiger partial charge in [-0.3, -0.25) is 9.52 Å². The van der Waals surface area contributed by atoms with Crippen LogP contribution in [0, 0.1) is 0 Å². The number of amides is 1. The largest absolute Gasteiger partial charge is 0.497 e. The molecule has 0 radical (unpaired) electrons. The quantitative estimate of drug-likeness (QED) is 0.726. The van der Waals surface area contributed by atoms with Crippen molar-refractivity contribution in [2.24, 2.45) is 5.10 Å². The van der Waals surface area contributed by atoms with Crippen LogP contribution in [0.1, 0.15) is 23.6 Å². The van der Waals surface area contributed by atoms with E-state index < -0.39 is 10.0 Å². The Hall–Kier alpha value is -2.58. The van der Waals surface area contributed by atoms with Crippen LogP contribution in [0.25, 0.3) is 0 Å². The normalized spacial score (nSPS) is 16.6. The number of benzene rings is 2. The first-order chi connectivity index (χ1) is 13.3. The minimum Gasteiger partial charge on any atom is -0.497 e. The third-order valence-corrected chi connectivity index (χ3v) is 5.12. The van der Waals surface area contributed by atoms with Crippen LogP contribution >= 0.6 is 11.6 Å². The Morgan fingerprint density at radius 1 is 1.29 bits per heavy atom. The molecule has 1 unspecified atom stereocenters. The summed E-state index contributed by atoms with van der Waals surface area (Å²) in [5, 5.41) is 5.89. The van der Waals surface area contributed by atoms with Gasteiger partial charge in [0.1, 0.15) is 11.6 Å². The predicted octanol–water partition coefficient (Wildman–Crippen LogP) is 2.98. The molecule has 1 aliphatic heterocycles. The van der Waals surface area contributed by atoms with Gasteiger partial charge in [0.15, 0.2) is 0 Å². The minimum absolute atomic E-state index is 0.172. The zero-order valence-corrected chi connectivity index (χ0v) is 17.0. The fraction of sp³-hybridized carbons (Fsp3) is 0.263. The molecule has 2 aromatic rings. The average molecular weight is 422 g/mol. The highest BCUT2D eigenvalue weighted by Crippen LogP contribution is 2.34. The van der Waals surface area contributed by atoms with E-state index in [9.17, 15) is 13.2 Å². The average Bonchev–Trinajstić information content (AvgIpc) is 3.12. The molecule has 1 N–H and O–H groups in total. The zero-order valence-electron chi connectivity index (χ0n) is 15.4. The van der Waals surface area contributed by atoms with E-state index in [0.29, 0.717) is 17.9 Å². The Labute approximate surface area is 169 Å². The van der Waals surface area contributed by atoms with E-state index in [1.807, 2.05) is 24.3 Å². The number of ether oxygens (including phenoxy) is 1. The van der Waals surface area contributed by atoms with Crippen LogP contribution in [0.4, 0.5) is 5.69 Å². The highest BCUT2D eigenvalue weighted by Gasteiger charge is 2.32. The smallest absolute Gasteiger partial charge is 0.258 e. The molecule has 9 heteroatoms. The summed E-state index contributed by atoms with van der Waals surface area (Å²) >= 11 is 5.77. The molecule has 148 valence electrons. The van der Waals surface area contributed by atoms with Crippen molar-refractivity contribution >= 4 is 38.9 Å². The van der Waals surface area contributed by atoms with E-state index in [1.54, 1.807) is 31.4 Å². The first kappa shape index (κ1) is 20.2. The second kappa shape index (κ2) is 8.20. The fourth-order valence-electron chi connectivity index (χ4n) is 3.03. The summed E-state index contributed by atoms with van der Waals surface area (Å²) in [5.41, 5.74) is 2.88. The van der Waals surface area contributed by atoms with Gasteiger partial charge in [-0.05, 0) is 35.4 Å². The number of rotatable bonds is 6. The number of hydrazone groups is 1. The van der Waals surface area contributed by atoms with Crippen LogP contribution in [0.5, 0.6) is 5.75 Å². The second-order valence-corrected chi connectivity index (χ2v) is 8.38. The molecule has 28 heavy (non-hydrogen) atoms. The molecule has 1 heterocycles. The number of hydrogen-bond acceptors (Lipinski definition) is 5. The highest BCUT2D eigenvalue weighted by molar-refractivity contribution is 7.92. The predicted molar refractivity (Wildman–Crippen MR) is 109 cm³/mol.